The summed E-state index contributed by atoms with van der Waals surface area (Å²) in [6.45, 7) is 1.81. The van der Waals surface area contributed by atoms with Gasteiger partial charge in [0.25, 0.3) is 0 Å². The third kappa shape index (κ3) is 9.92. The van der Waals surface area contributed by atoms with Crippen LogP contribution in [0.1, 0.15) is 32.1 Å². The van der Waals surface area contributed by atoms with Gasteiger partial charge in [0.05, 0.1) is 0 Å². The van der Waals surface area contributed by atoms with Gasteiger partial charge < -0.3 is 21.3 Å². The number of benzene rings is 2. The van der Waals surface area contributed by atoms with Crippen LogP contribution in [0.2, 0.25) is 0 Å². The Hall–Kier alpha value is -2.18. The minimum Gasteiger partial charge on any atom is -0.362 e. The maximum absolute atomic E-state index is 5.29. The topological polar surface area (TPSA) is 48.1 Å². The van der Waals surface area contributed by atoms with E-state index in [1.54, 1.807) is 0 Å². The number of thiocarbonyl (C=S) groups is 2. The number of unbranched alkanes of at least 4 members (excludes halogenated alkanes) is 4. The van der Waals surface area contributed by atoms with Gasteiger partial charge in [-0.25, -0.2) is 0 Å². The van der Waals surface area contributed by atoms with Crippen LogP contribution in [0.3, 0.4) is 0 Å². The molecule has 0 heterocycles. The van der Waals surface area contributed by atoms with Crippen LogP contribution in [0.4, 0.5) is 11.4 Å². The lowest BCUT2D eigenvalue weighted by molar-refractivity contribution is 0.604. The van der Waals surface area contributed by atoms with Gasteiger partial charge in [-0.15, -0.1) is 0 Å². The van der Waals surface area contributed by atoms with E-state index in [2.05, 4.69) is 21.3 Å². The SMILES string of the molecule is S=C(NCCCCCCCNC(=S)Nc1ccccc1)Nc1ccccc1. The smallest absolute Gasteiger partial charge is 0.170 e. The van der Waals surface area contributed by atoms with Crippen molar-refractivity contribution in [3.8, 4) is 0 Å². The Morgan fingerprint density at radius 1 is 0.556 bits per heavy atom. The Bertz CT molecular complexity index is 618. The van der Waals surface area contributed by atoms with Crippen molar-refractivity contribution in [2.75, 3.05) is 23.7 Å². The van der Waals surface area contributed by atoms with E-state index in [0.29, 0.717) is 10.2 Å². The van der Waals surface area contributed by atoms with E-state index in [4.69, 9.17) is 24.4 Å². The zero-order valence-corrected chi connectivity index (χ0v) is 17.2. The number of hydrogen-bond donors (Lipinski definition) is 4. The second-order valence-electron chi connectivity index (χ2n) is 6.26. The molecule has 6 heteroatoms. The van der Waals surface area contributed by atoms with Crippen molar-refractivity contribution in [1.82, 2.24) is 10.6 Å². The molecule has 4 nitrogen and oxygen atoms in total. The molecule has 2 aromatic carbocycles. The fourth-order valence-electron chi connectivity index (χ4n) is 2.58. The Kier molecular flexibility index (Phi) is 10.2. The highest BCUT2D eigenvalue weighted by atomic mass is 32.1. The first kappa shape index (κ1) is 21.1. The van der Waals surface area contributed by atoms with Crippen LogP contribution < -0.4 is 21.3 Å². The molecule has 0 atom stereocenters. The molecule has 144 valence electrons. The number of rotatable bonds is 10. The van der Waals surface area contributed by atoms with Crippen molar-refractivity contribution >= 4 is 46.0 Å². The van der Waals surface area contributed by atoms with Crippen LogP contribution in [-0.2, 0) is 0 Å². The van der Waals surface area contributed by atoms with Gasteiger partial charge in [-0.3, -0.25) is 0 Å². The lowest BCUT2D eigenvalue weighted by Gasteiger charge is -2.11. The highest BCUT2D eigenvalue weighted by molar-refractivity contribution is 7.80. The fourth-order valence-corrected chi connectivity index (χ4v) is 3.02. The summed E-state index contributed by atoms with van der Waals surface area (Å²) in [5, 5.41) is 14.2. The van der Waals surface area contributed by atoms with E-state index < -0.39 is 0 Å². The first-order valence-corrected chi connectivity index (χ1v) is 10.3. The Balaban J connectivity index is 1.40. The standard InChI is InChI=1S/C21H28N4S2/c26-20(24-18-12-6-4-7-13-18)22-16-10-2-1-3-11-17-23-21(27)25-19-14-8-5-9-15-19/h4-9,12-15H,1-3,10-11,16-17H2,(H2,22,24,26)(H2,23,25,27). The van der Waals surface area contributed by atoms with Crippen LogP contribution >= 0.6 is 24.4 Å². The molecule has 2 rings (SSSR count). The normalized spacial score (nSPS) is 10.1. The van der Waals surface area contributed by atoms with Gasteiger partial charge in [-0.1, -0.05) is 55.7 Å². The largest absolute Gasteiger partial charge is 0.362 e. The molecule has 0 saturated carbocycles. The molecular weight excluding hydrogens is 372 g/mol. The monoisotopic (exact) mass is 400 g/mol. The maximum atomic E-state index is 5.29. The van der Waals surface area contributed by atoms with Crippen LogP contribution in [0.5, 0.6) is 0 Å². The van der Waals surface area contributed by atoms with Crippen LogP contribution in [0, 0.1) is 0 Å². The summed E-state index contributed by atoms with van der Waals surface area (Å²) in [5.41, 5.74) is 2.03. The average molecular weight is 401 g/mol. The summed E-state index contributed by atoms with van der Waals surface area (Å²) in [6.07, 6.45) is 5.87. The van der Waals surface area contributed by atoms with Crippen molar-refractivity contribution in [3.05, 3.63) is 60.7 Å². The third-order valence-corrected chi connectivity index (χ3v) is 4.48. The van der Waals surface area contributed by atoms with Gasteiger partial charge in [0.2, 0.25) is 0 Å². The van der Waals surface area contributed by atoms with Crippen molar-refractivity contribution in [3.63, 3.8) is 0 Å². The lowest BCUT2D eigenvalue weighted by atomic mass is 10.1. The summed E-state index contributed by atoms with van der Waals surface area (Å²) < 4.78 is 0. The molecule has 0 aliphatic carbocycles. The lowest BCUT2D eigenvalue weighted by Crippen LogP contribution is -2.29. The quantitative estimate of drug-likeness (QED) is 0.336. The van der Waals surface area contributed by atoms with Crippen molar-refractivity contribution < 1.29 is 0 Å². The van der Waals surface area contributed by atoms with Gasteiger partial charge in [-0.05, 0) is 61.5 Å². The predicted octanol–water partition coefficient (Wildman–Crippen LogP) is 4.91. The molecule has 4 N–H and O–H groups in total. The summed E-state index contributed by atoms with van der Waals surface area (Å²) in [4.78, 5) is 0. The van der Waals surface area contributed by atoms with Gasteiger partial charge in [-0.2, -0.15) is 0 Å². The second-order valence-corrected chi connectivity index (χ2v) is 7.08. The van der Waals surface area contributed by atoms with Crippen LogP contribution in [0.15, 0.2) is 60.7 Å². The van der Waals surface area contributed by atoms with E-state index in [0.717, 1.165) is 37.3 Å². The zero-order valence-electron chi connectivity index (χ0n) is 15.5. The molecule has 0 aromatic heterocycles. The summed E-state index contributed by atoms with van der Waals surface area (Å²) in [5.74, 6) is 0. The second kappa shape index (κ2) is 13.1. The average Bonchev–Trinajstić information content (AvgIpc) is 2.68. The van der Waals surface area contributed by atoms with Gasteiger partial charge in [0.1, 0.15) is 0 Å². The minimum atomic E-state index is 0.685. The highest BCUT2D eigenvalue weighted by Gasteiger charge is 1.98. The van der Waals surface area contributed by atoms with E-state index in [1.165, 1.54) is 19.3 Å². The molecule has 0 spiro atoms. The van der Waals surface area contributed by atoms with Crippen molar-refractivity contribution in [2.24, 2.45) is 0 Å². The van der Waals surface area contributed by atoms with Crippen molar-refractivity contribution in [1.29, 1.82) is 0 Å². The molecule has 0 saturated heterocycles. The highest BCUT2D eigenvalue weighted by Crippen LogP contribution is 2.06. The van der Waals surface area contributed by atoms with E-state index in [9.17, 15) is 0 Å². The van der Waals surface area contributed by atoms with Gasteiger partial charge in [0.15, 0.2) is 10.2 Å². The Labute approximate surface area is 173 Å². The first-order chi connectivity index (χ1) is 13.2. The molecule has 2 aromatic rings. The number of nitrogens with one attached hydrogen (secondary N) is 4. The molecule has 0 radical (unpaired) electrons. The van der Waals surface area contributed by atoms with Crippen LogP contribution in [0.25, 0.3) is 0 Å². The maximum Gasteiger partial charge on any atom is 0.170 e. The molecule has 0 unspecified atom stereocenters. The molecule has 0 aliphatic rings. The molecule has 0 aliphatic heterocycles. The number of anilines is 2. The van der Waals surface area contributed by atoms with E-state index in [-0.39, 0.29) is 0 Å². The first-order valence-electron chi connectivity index (χ1n) is 9.44. The number of para-hydroxylation sites is 2. The number of hydrogen-bond acceptors (Lipinski definition) is 2. The van der Waals surface area contributed by atoms with Gasteiger partial charge >= 0.3 is 0 Å². The summed E-state index contributed by atoms with van der Waals surface area (Å²) in [7, 11) is 0. The molecule has 27 heavy (non-hydrogen) atoms. The Morgan fingerprint density at radius 2 is 0.926 bits per heavy atom. The van der Waals surface area contributed by atoms with Crippen molar-refractivity contribution in [2.45, 2.75) is 32.1 Å². The van der Waals surface area contributed by atoms with Gasteiger partial charge in [0, 0.05) is 24.5 Å². The predicted molar refractivity (Wildman–Crippen MR) is 124 cm³/mol. The molecular formula is C21H28N4S2. The summed E-state index contributed by atoms with van der Waals surface area (Å²) in [6, 6.07) is 20.0. The Morgan fingerprint density at radius 3 is 1.33 bits per heavy atom. The molecule has 0 amide bonds. The summed E-state index contributed by atoms with van der Waals surface area (Å²) >= 11 is 10.6. The minimum absolute atomic E-state index is 0.685. The fraction of sp³-hybridized carbons (Fsp3) is 0.333. The molecule has 0 bridgehead atoms. The van der Waals surface area contributed by atoms with E-state index >= 15 is 0 Å². The van der Waals surface area contributed by atoms with Crippen LogP contribution in [-0.4, -0.2) is 23.3 Å². The zero-order chi connectivity index (χ0) is 19.2. The molecule has 0 fully saturated rings. The van der Waals surface area contributed by atoms with E-state index in [1.807, 2.05) is 60.7 Å². The third-order valence-electron chi connectivity index (χ3n) is 3.99.